The van der Waals surface area contributed by atoms with Gasteiger partial charge in [-0.1, -0.05) is 161 Å². The number of carboxylic acids is 2. The lowest BCUT2D eigenvalue weighted by Crippen LogP contribution is -2.61. The Hall–Kier alpha value is -7.93. The van der Waals surface area contributed by atoms with Gasteiger partial charge in [-0.05, 0) is 74.5 Å². The van der Waals surface area contributed by atoms with Gasteiger partial charge in [0.2, 0.25) is 53.2 Å². The average molecular weight is 1280 g/mol. The number of carboxylic acid groups (broad SMARTS) is 2. The van der Waals surface area contributed by atoms with Crippen LogP contribution in [-0.2, 0) is 65.6 Å². The quantitative estimate of drug-likeness (QED) is 0.0352. The molecule has 11 atom stereocenters. The summed E-state index contributed by atoms with van der Waals surface area (Å²) in [4.78, 5) is 147. The van der Waals surface area contributed by atoms with E-state index >= 15 is 0 Å². The van der Waals surface area contributed by atoms with Crippen LogP contribution in [-0.4, -0.2) is 151 Å². The third-order valence-corrected chi connectivity index (χ3v) is 15.8. The molecule has 0 unspecified atom stereocenters. The highest BCUT2D eigenvalue weighted by Gasteiger charge is 2.37. The number of H-pyrrole nitrogens is 1. The number of unbranched alkanes of at least 4 members (excludes halogenated alkanes) is 11. The number of nitrogens with one attached hydrogen (secondary N) is 9. The fourth-order valence-electron chi connectivity index (χ4n) is 10.5. The Balaban J connectivity index is 1.37. The highest BCUT2D eigenvalue weighted by atomic mass is 16.4. The van der Waals surface area contributed by atoms with Crippen LogP contribution in [0.1, 0.15) is 182 Å². The van der Waals surface area contributed by atoms with Gasteiger partial charge in [0.05, 0.1) is 18.6 Å². The van der Waals surface area contributed by atoms with Crippen LogP contribution in [0.2, 0.25) is 0 Å². The second-order valence-corrected chi connectivity index (χ2v) is 24.9. The van der Waals surface area contributed by atoms with E-state index in [0.29, 0.717) is 30.4 Å². The molecule has 3 aromatic rings. The first-order valence-electron chi connectivity index (χ1n) is 32.2. The monoisotopic (exact) mass is 1270 g/mol. The smallest absolute Gasteiger partial charge is 0.326 e. The van der Waals surface area contributed by atoms with Gasteiger partial charge in [0.1, 0.15) is 48.3 Å². The number of para-hydroxylation sites is 1. The summed E-state index contributed by atoms with van der Waals surface area (Å²) >= 11 is 0. The molecule has 0 spiro atoms. The Bertz CT molecular complexity index is 2830. The molecule has 25 nitrogen and oxygen atoms in total. The van der Waals surface area contributed by atoms with Crippen molar-refractivity contribution in [1.82, 2.24) is 47.5 Å². The van der Waals surface area contributed by atoms with Gasteiger partial charge in [-0.2, -0.15) is 0 Å². The van der Waals surface area contributed by atoms with E-state index in [9.17, 15) is 73.2 Å². The lowest BCUT2D eigenvalue weighted by atomic mass is 9.97. The molecule has 0 aliphatic rings. The number of carbonyl (C=O) groups is 11. The number of hydrogen-bond acceptors (Lipinski definition) is 13. The van der Waals surface area contributed by atoms with Crippen LogP contribution in [0.4, 0.5) is 0 Å². The molecule has 2 aromatic carbocycles. The minimum absolute atomic E-state index is 0.0258. The van der Waals surface area contributed by atoms with Crippen molar-refractivity contribution >= 4 is 76.0 Å². The fourth-order valence-corrected chi connectivity index (χ4v) is 10.5. The lowest BCUT2D eigenvalue weighted by Gasteiger charge is -2.29. The van der Waals surface area contributed by atoms with Crippen LogP contribution < -0.4 is 48.3 Å². The molecule has 0 radical (unpaired) electrons. The van der Waals surface area contributed by atoms with Gasteiger partial charge in [0.25, 0.3) is 0 Å². The fraction of sp³-hybridized carbons (Fsp3) is 0.621. The van der Waals surface area contributed by atoms with Crippen molar-refractivity contribution in [2.45, 2.75) is 244 Å². The van der Waals surface area contributed by atoms with E-state index in [0.717, 1.165) is 75.1 Å². The molecular formula is C66H102N10O15. The van der Waals surface area contributed by atoms with Crippen LogP contribution >= 0.6 is 0 Å². The number of aliphatic hydroxyl groups excluding tert-OH is 2. The molecule has 9 amide bonds. The maximum absolute atomic E-state index is 13.8. The predicted molar refractivity (Wildman–Crippen MR) is 343 cm³/mol. The topological polar surface area (TPSA) is 407 Å². The van der Waals surface area contributed by atoms with E-state index < -0.39 is 126 Å². The third-order valence-electron chi connectivity index (χ3n) is 15.8. The Morgan fingerprint density at radius 3 is 1.27 bits per heavy atom. The summed E-state index contributed by atoms with van der Waals surface area (Å²) in [6.45, 7) is 13.5. The first-order chi connectivity index (χ1) is 43.1. The SMILES string of the molecule is CC[C@@H](C)[C@H](NC(=O)CCCCCCCCCCCCCCC(=O)N[C@H](C(=O)N[C@@H](CC(C)C)C(=O)N[C@@H](CC(N)=O)C(=O)N[C@@H](Cc1ccccc1)C(=O)O)[C@H](C)O)C(=O)N[C@H](C(=O)N[C@@H](CC(C)C)C(=O)N[C@@H](Cc1c[nH]c2ccccc12)C(=O)O)[C@H](C)O. The molecular weight excluding hydrogens is 1170 g/mol. The summed E-state index contributed by atoms with van der Waals surface area (Å²) in [5, 5.41) is 62.5. The number of benzene rings is 2. The van der Waals surface area contributed by atoms with Gasteiger partial charge in [-0.25, -0.2) is 9.59 Å². The zero-order valence-corrected chi connectivity index (χ0v) is 54.3. The van der Waals surface area contributed by atoms with E-state index in [1.807, 2.05) is 45.0 Å². The van der Waals surface area contributed by atoms with Crippen molar-refractivity contribution in [2.24, 2.45) is 23.5 Å². The van der Waals surface area contributed by atoms with Crippen LogP contribution in [0.3, 0.4) is 0 Å². The number of primary amides is 1. The van der Waals surface area contributed by atoms with E-state index in [1.54, 1.807) is 57.3 Å². The van der Waals surface area contributed by atoms with Gasteiger partial charge >= 0.3 is 11.9 Å². The van der Waals surface area contributed by atoms with Gasteiger partial charge in [0.15, 0.2) is 0 Å². The molecule has 0 aliphatic carbocycles. The molecule has 506 valence electrons. The number of nitrogens with two attached hydrogens (primary N) is 1. The van der Waals surface area contributed by atoms with Crippen LogP contribution in [0.5, 0.6) is 0 Å². The number of hydrogen-bond donors (Lipinski definition) is 14. The second-order valence-electron chi connectivity index (χ2n) is 24.9. The Kier molecular flexibility index (Phi) is 34.6. The van der Waals surface area contributed by atoms with Crippen molar-refractivity contribution in [3.8, 4) is 0 Å². The first kappa shape index (κ1) is 77.3. The van der Waals surface area contributed by atoms with Gasteiger partial charge in [-0.15, -0.1) is 0 Å². The van der Waals surface area contributed by atoms with Crippen molar-refractivity contribution in [3.63, 3.8) is 0 Å². The van der Waals surface area contributed by atoms with E-state index in [-0.39, 0.29) is 62.2 Å². The Morgan fingerprint density at radius 1 is 0.451 bits per heavy atom. The van der Waals surface area contributed by atoms with Crippen molar-refractivity contribution in [1.29, 1.82) is 0 Å². The van der Waals surface area contributed by atoms with Crippen molar-refractivity contribution in [3.05, 3.63) is 71.9 Å². The minimum atomic E-state index is -1.58. The van der Waals surface area contributed by atoms with Crippen LogP contribution in [0.15, 0.2) is 60.8 Å². The summed E-state index contributed by atoms with van der Waals surface area (Å²) in [5.74, 6) is -9.94. The largest absolute Gasteiger partial charge is 0.480 e. The Labute approximate surface area is 534 Å². The number of amides is 9. The summed E-state index contributed by atoms with van der Waals surface area (Å²) < 4.78 is 0. The van der Waals surface area contributed by atoms with Gasteiger partial charge in [-0.3, -0.25) is 43.2 Å². The van der Waals surface area contributed by atoms with Crippen LogP contribution in [0.25, 0.3) is 10.9 Å². The molecule has 3 rings (SSSR count). The van der Waals surface area contributed by atoms with Crippen molar-refractivity contribution < 1.29 is 73.2 Å². The molecule has 0 aliphatic heterocycles. The highest BCUT2D eigenvalue weighted by molar-refractivity contribution is 5.98. The molecule has 1 aromatic heterocycles. The minimum Gasteiger partial charge on any atom is -0.480 e. The molecule has 91 heavy (non-hydrogen) atoms. The summed E-state index contributed by atoms with van der Waals surface area (Å²) in [6.07, 6.45) is 9.75. The Morgan fingerprint density at radius 2 is 0.835 bits per heavy atom. The molecule has 0 fully saturated rings. The number of aromatic amines is 1. The maximum atomic E-state index is 13.8. The number of aliphatic carboxylic acids is 2. The van der Waals surface area contributed by atoms with E-state index in [4.69, 9.17) is 5.73 Å². The van der Waals surface area contributed by atoms with Gasteiger partial charge < -0.3 is 73.7 Å². The second kappa shape index (κ2) is 40.7. The average Bonchev–Trinajstić information content (AvgIpc) is 1.86. The number of fused-ring (bicyclic) bond motifs is 1. The normalized spacial score (nSPS) is 15.0. The van der Waals surface area contributed by atoms with E-state index in [2.05, 4.69) is 47.5 Å². The summed E-state index contributed by atoms with van der Waals surface area (Å²) in [5.41, 5.74) is 7.50. The molecule has 1 heterocycles. The molecule has 0 saturated carbocycles. The molecule has 0 bridgehead atoms. The zero-order valence-electron chi connectivity index (χ0n) is 54.3. The van der Waals surface area contributed by atoms with E-state index in [1.165, 1.54) is 13.8 Å². The number of carbonyl (C=O) groups excluding carboxylic acids is 9. The molecule has 15 N–H and O–H groups in total. The third kappa shape index (κ3) is 28.8. The molecule has 25 heteroatoms. The van der Waals surface area contributed by atoms with Gasteiger partial charge in [0, 0.05) is 42.8 Å². The lowest BCUT2D eigenvalue weighted by molar-refractivity contribution is -0.143. The maximum Gasteiger partial charge on any atom is 0.326 e. The number of aliphatic hydroxyl groups is 2. The number of rotatable bonds is 45. The van der Waals surface area contributed by atoms with Crippen LogP contribution in [0, 0.1) is 17.8 Å². The molecule has 0 saturated heterocycles. The highest BCUT2D eigenvalue weighted by Crippen LogP contribution is 2.21. The standard InChI is InChI=1S/C66H102N10O15/c1-9-41(6)56(62(85)76-58(43(8)78)64(87)71-49(34-40(4)5)60(83)73-52(66(90)91)36-45-38-68-47-30-26-25-29-46(45)47)74-54(80)31-23-18-16-14-12-10-11-13-15-17-19-24-32-55(81)75-57(42(7)77)63(86)70-48(33-39(2)3)59(82)69-50(37-53(67)79)61(84)72-51(65(88)89)35-44-27-21-20-22-28-44/h20-22,25-30,38-43,48-52,56-58,68,77-78H,9-19,23-24,31-37H2,1-8H3,(H2,67,79)(H,69,82)(H,70,86)(H,71,87)(H,72,84)(H,73,83)(H,74,80)(H,75,81)(H,76,85)(H,88,89)(H,90,91)/t41-,42+,43+,48+,49+,50+,51+,52+,56+,57+,58+/m1/s1. The summed E-state index contributed by atoms with van der Waals surface area (Å²) in [7, 11) is 0. The summed E-state index contributed by atoms with van der Waals surface area (Å²) in [6, 6.07) is 5.17. The van der Waals surface area contributed by atoms with Crippen molar-refractivity contribution in [2.75, 3.05) is 0 Å². The zero-order chi connectivity index (χ0) is 67.7. The number of aromatic nitrogens is 1. The predicted octanol–water partition coefficient (Wildman–Crippen LogP) is 4.24. The first-order valence-corrected chi connectivity index (χ1v) is 32.2.